The van der Waals surface area contributed by atoms with Crippen LogP contribution in [0.25, 0.3) is 0 Å². The Morgan fingerprint density at radius 2 is 1.57 bits per heavy atom. The second kappa shape index (κ2) is 12.5. The SMILES string of the molecule is CCOc1ccc(N(CC(=O)NC(CC)c2ccc(C)cc2)S(=O)(=O)c2ccc(OC)c(OC)c2)cc1. The lowest BCUT2D eigenvalue weighted by atomic mass is 10.0. The van der Waals surface area contributed by atoms with Gasteiger partial charge in [-0.2, -0.15) is 0 Å². The first kappa shape index (κ1) is 27.9. The molecule has 37 heavy (non-hydrogen) atoms. The summed E-state index contributed by atoms with van der Waals surface area (Å²) in [5, 5.41) is 2.98. The summed E-state index contributed by atoms with van der Waals surface area (Å²) in [6.45, 7) is 5.90. The maximum atomic E-state index is 13.8. The highest BCUT2D eigenvalue weighted by atomic mass is 32.2. The van der Waals surface area contributed by atoms with Crippen LogP contribution in [0.3, 0.4) is 0 Å². The molecule has 8 nitrogen and oxygen atoms in total. The van der Waals surface area contributed by atoms with E-state index < -0.39 is 22.5 Å². The molecule has 0 spiro atoms. The lowest BCUT2D eigenvalue weighted by Gasteiger charge is -2.26. The summed E-state index contributed by atoms with van der Waals surface area (Å²) >= 11 is 0. The van der Waals surface area contributed by atoms with E-state index in [4.69, 9.17) is 14.2 Å². The molecule has 1 amide bonds. The number of amides is 1. The summed E-state index contributed by atoms with van der Waals surface area (Å²) < 4.78 is 44.8. The van der Waals surface area contributed by atoms with Crippen LogP contribution < -0.4 is 23.8 Å². The van der Waals surface area contributed by atoms with Crippen LogP contribution in [0, 0.1) is 6.92 Å². The number of nitrogens with one attached hydrogen (secondary N) is 1. The lowest BCUT2D eigenvalue weighted by Crippen LogP contribution is -2.42. The van der Waals surface area contributed by atoms with Gasteiger partial charge in [0.2, 0.25) is 5.91 Å². The molecule has 1 atom stereocenters. The third-order valence-corrected chi connectivity index (χ3v) is 7.66. The van der Waals surface area contributed by atoms with Gasteiger partial charge in [-0.05, 0) is 62.2 Å². The van der Waals surface area contributed by atoms with E-state index in [2.05, 4.69) is 5.32 Å². The number of aryl methyl sites for hydroxylation is 1. The highest BCUT2D eigenvalue weighted by Crippen LogP contribution is 2.32. The number of nitrogens with zero attached hydrogens (tertiary/aromatic N) is 1. The second-order valence-corrected chi connectivity index (χ2v) is 10.3. The van der Waals surface area contributed by atoms with Gasteiger partial charge < -0.3 is 19.5 Å². The zero-order valence-electron chi connectivity index (χ0n) is 21.9. The monoisotopic (exact) mass is 526 g/mol. The van der Waals surface area contributed by atoms with Crippen molar-refractivity contribution in [3.8, 4) is 17.2 Å². The number of carbonyl (C=O) groups is 1. The summed E-state index contributed by atoms with van der Waals surface area (Å²) in [7, 11) is -1.24. The van der Waals surface area contributed by atoms with E-state index in [0.717, 1.165) is 15.4 Å². The van der Waals surface area contributed by atoms with E-state index in [1.54, 1.807) is 24.3 Å². The summed E-state index contributed by atoms with van der Waals surface area (Å²) in [6, 6.07) is 18.6. The number of methoxy groups -OCH3 is 2. The van der Waals surface area contributed by atoms with E-state index in [0.29, 0.717) is 30.2 Å². The molecule has 0 aliphatic heterocycles. The van der Waals surface area contributed by atoms with Crippen LogP contribution in [0.2, 0.25) is 0 Å². The Kier molecular flexibility index (Phi) is 9.41. The molecule has 0 radical (unpaired) electrons. The minimum Gasteiger partial charge on any atom is -0.494 e. The number of anilines is 1. The van der Waals surface area contributed by atoms with E-state index in [-0.39, 0.29) is 16.7 Å². The second-order valence-electron chi connectivity index (χ2n) is 8.39. The first-order valence-electron chi connectivity index (χ1n) is 12.1. The van der Waals surface area contributed by atoms with E-state index in [1.807, 2.05) is 45.0 Å². The molecule has 0 fully saturated rings. The standard InChI is InChI=1S/C28H34N2O6S/c1-6-25(21-10-8-20(3)9-11-21)29-28(31)19-30(22-12-14-23(15-13-22)36-7-2)37(32,33)24-16-17-26(34-4)27(18-24)35-5/h8-18,25H,6-7,19H2,1-5H3,(H,29,31). The van der Waals surface area contributed by atoms with Crippen LogP contribution in [0.4, 0.5) is 5.69 Å². The topological polar surface area (TPSA) is 94.2 Å². The normalized spacial score (nSPS) is 11.9. The summed E-state index contributed by atoms with van der Waals surface area (Å²) in [5.41, 5.74) is 2.40. The fraction of sp³-hybridized carbons (Fsp3) is 0.321. The number of hydrogen-bond donors (Lipinski definition) is 1. The van der Waals surface area contributed by atoms with Gasteiger partial charge in [-0.15, -0.1) is 0 Å². The largest absolute Gasteiger partial charge is 0.494 e. The van der Waals surface area contributed by atoms with Crippen molar-refractivity contribution in [2.75, 3.05) is 31.7 Å². The zero-order valence-corrected chi connectivity index (χ0v) is 22.7. The predicted octanol–water partition coefficient (Wildman–Crippen LogP) is 4.87. The van der Waals surface area contributed by atoms with Crippen molar-refractivity contribution < 1.29 is 27.4 Å². The predicted molar refractivity (Wildman–Crippen MR) is 144 cm³/mol. The van der Waals surface area contributed by atoms with Crippen molar-refractivity contribution in [1.82, 2.24) is 5.32 Å². The van der Waals surface area contributed by atoms with Crippen LogP contribution in [-0.4, -0.2) is 41.7 Å². The molecule has 1 unspecified atom stereocenters. The highest BCUT2D eigenvalue weighted by Gasteiger charge is 2.29. The molecule has 9 heteroatoms. The van der Waals surface area contributed by atoms with Gasteiger partial charge in [-0.1, -0.05) is 36.8 Å². The Morgan fingerprint density at radius 3 is 2.14 bits per heavy atom. The van der Waals surface area contributed by atoms with Crippen molar-refractivity contribution in [2.24, 2.45) is 0 Å². The number of benzene rings is 3. The minimum absolute atomic E-state index is 0.0302. The maximum Gasteiger partial charge on any atom is 0.264 e. The van der Waals surface area contributed by atoms with Crippen molar-refractivity contribution in [3.63, 3.8) is 0 Å². The number of hydrogen-bond acceptors (Lipinski definition) is 6. The summed E-state index contributed by atoms with van der Waals surface area (Å²) in [6.07, 6.45) is 0.653. The van der Waals surface area contributed by atoms with Gasteiger partial charge >= 0.3 is 0 Å². The molecule has 0 heterocycles. The van der Waals surface area contributed by atoms with Crippen molar-refractivity contribution in [3.05, 3.63) is 77.9 Å². The molecule has 0 aliphatic rings. The fourth-order valence-corrected chi connectivity index (χ4v) is 5.32. The quantitative estimate of drug-likeness (QED) is 0.362. The summed E-state index contributed by atoms with van der Waals surface area (Å²) in [4.78, 5) is 13.2. The first-order valence-corrected chi connectivity index (χ1v) is 13.5. The Balaban J connectivity index is 1.96. The lowest BCUT2D eigenvalue weighted by molar-refractivity contribution is -0.120. The molecular formula is C28H34N2O6S. The molecular weight excluding hydrogens is 492 g/mol. The molecule has 0 bridgehead atoms. The third-order valence-electron chi connectivity index (χ3n) is 5.89. The molecule has 198 valence electrons. The molecule has 0 aromatic heterocycles. The number of ether oxygens (including phenoxy) is 3. The summed E-state index contributed by atoms with van der Waals surface area (Å²) in [5.74, 6) is 0.843. The van der Waals surface area contributed by atoms with Crippen LogP contribution in [0.15, 0.2) is 71.6 Å². The van der Waals surface area contributed by atoms with Gasteiger partial charge in [0.05, 0.1) is 37.5 Å². The van der Waals surface area contributed by atoms with Crippen LogP contribution in [-0.2, 0) is 14.8 Å². The third kappa shape index (κ3) is 6.74. The number of sulfonamides is 1. The van der Waals surface area contributed by atoms with Crippen molar-refractivity contribution >= 4 is 21.6 Å². The molecule has 0 aliphatic carbocycles. The fourth-order valence-electron chi connectivity index (χ4n) is 3.88. The smallest absolute Gasteiger partial charge is 0.264 e. The molecule has 1 N–H and O–H groups in total. The van der Waals surface area contributed by atoms with E-state index in [1.165, 1.54) is 32.4 Å². The van der Waals surface area contributed by atoms with Crippen molar-refractivity contribution in [2.45, 2.75) is 38.1 Å². The first-order chi connectivity index (χ1) is 17.7. The number of carbonyl (C=O) groups excluding carboxylic acids is 1. The minimum atomic E-state index is -4.15. The van der Waals surface area contributed by atoms with Gasteiger partial charge in [-0.25, -0.2) is 8.42 Å². The van der Waals surface area contributed by atoms with E-state index in [9.17, 15) is 13.2 Å². The molecule has 0 saturated heterocycles. The van der Waals surface area contributed by atoms with Crippen LogP contribution >= 0.6 is 0 Å². The average molecular weight is 527 g/mol. The maximum absolute atomic E-state index is 13.8. The van der Waals surface area contributed by atoms with Gasteiger partial charge in [0.25, 0.3) is 10.0 Å². The van der Waals surface area contributed by atoms with Gasteiger partial charge in [0.1, 0.15) is 12.3 Å². The van der Waals surface area contributed by atoms with Gasteiger partial charge in [0, 0.05) is 6.07 Å². The molecule has 0 saturated carbocycles. The Labute approximate surface area is 219 Å². The van der Waals surface area contributed by atoms with Crippen molar-refractivity contribution in [1.29, 1.82) is 0 Å². The van der Waals surface area contributed by atoms with Crippen LogP contribution in [0.1, 0.15) is 37.4 Å². The zero-order chi connectivity index (χ0) is 27.0. The van der Waals surface area contributed by atoms with Gasteiger partial charge in [0.15, 0.2) is 11.5 Å². The van der Waals surface area contributed by atoms with Crippen LogP contribution in [0.5, 0.6) is 17.2 Å². The molecule has 3 rings (SSSR count). The molecule has 3 aromatic rings. The van der Waals surface area contributed by atoms with Gasteiger partial charge in [-0.3, -0.25) is 9.10 Å². The Hall–Kier alpha value is -3.72. The number of rotatable bonds is 12. The average Bonchev–Trinajstić information content (AvgIpc) is 2.91. The Morgan fingerprint density at radius 1 is 0.919 bits per heavy atom. The van der Waals surface area contributed by atoms with E-state index >= 15 is 0 Å². The molecule has 3 aromatic carbocycles. The Bertz CT molecular complexity index is 1290. The highest BCUT2D eigenvalue weighted by molar-refractivity contribution is 7.92.